The number of nitrogens with one attached hydrogen (secondary N) is 2. The Labute approximate surface area is 232 Å². The van der Waals surface area contributed by atoms with Gasteiger partial charge in [0, 0.05) is 23.6 Å². The fraction of sp³-hybridized carbons (Fsp3) is 0.607. The number of nitrogens with two attached hydrogens (primary N) is 1. The van der Waals surface area contributed by atoms with Gasteiger partial charge < -0.3 is 31.5 Å². The van der Waals surface area contributed by atoms with Crippen LogP contribution in [-0.4, -0.2) is 82.6 Å². The van der Waals surface area contributed by atoms with Crippen LogP contribution in [0.2, 0.25) is 0 Å². The third-order valence-electron chi connectivity index (χ3n) is 7.77. The molecule has 0 aromatic heterocycles. The van der Waals surface area contributed by atoms with E-state index in [-0.39, 0.29) is 49.1 Å². The summed E-state index contributed by atoms with van der Waals surface area (Å²) in [6.45, 7) is 6.88. The van der Waals surface area contributed by atoms with Crippen molar-refractivity contribution in [2.45, 2.75) is 64.5 Å². The van der Waals surface area contributed by atoms with Crippen LogP contribution in [0.3, 0.4) is 0 Å². The van der Waals surface area contributed by atoms with E-state index in [2.05, 4.69) is 10.6 Å². The minimum absolute atomic E-state index is 0.0820. The number of hydrogen-bond acceptors (Lipinski definition) is 9. The molecule has 2 aliphatic rings. The fourth-order valence-corrected chi connectivity index (χ4v) is 5.61. The average Bonchev–Trinajstić information content (AvgIpc) is 2.81. The highest BCUT2D eigenvalue weighted by molar-refractivity contribution is 6.18. The van der Waals surface area contributed by atoms with Crippen molar-refractivity contribution in [1.82, 2.24) is 10.2 Å². The molecule has 2 amide bonds. The van der Waals surface area contributed by atoms with Crippen molar-refractivity contribution >= 4 is 34.9 Å². The number of carbonyl (C=O) groups is 5. The van der Waals surface area contributed by atoms with E-state index in [1.165, 1.54) is 4.90 Å². The maximum absolute atomic E-state index is 15.3. The van der Waals surface area contributed by atoms with Gasteiger partial charge in [0.2, 0.25) is 11.8 Å². The second-order valence-corrected chi connectivity index (χ2v) is 12.6. The maximum Gasteiger partial charge on any atom is 0.238 e. The van der Waals surface area contributed by atoms with Crippen molar-refractivity contribution in [1.29, 1.82) is 0 Å². The molecule has 1 saturated carbocycles. The lowest BCUT2D eigenvalue weighted by molar-refractivity contribution is -0.156. The Hall–Kier alpha value is -3.22. The Morgan fingerprint density at radius 3 is 2.40 bits per heavy atom. The quantitative estimate of drug-likeness (QED) is 0.216. The normalized spacial score (nSPS) is 25.3. The number of phenols is 1. The number of ketones is 3. The highest BCUT2D eigenvalue weighted by atomic mass is 19.1. The minimum Gasteiger partial charge on any atom is -0.505 e. The molecule has 0 aliphatic heterocycles. The molecule has 4 atom stereocenters. The SMILES string of the molecule is CN(C)CC(=O)C(CC1(O)CCC2(C)Cc3c(F)cc(NC(=O)CNC(C)(C)C)c(O)c3C(=O)C2C1=O)C(N)=O. The maximum atomic E-state index is 15.3. The lowest BCUT2D eigenvalue weighted by Gasteiger charge is -2.49. The molecular weight excluding hydrogens is 523 g/mol. The molecule has 1 aromatic carbocycles. The number of hydrogen-bond donors (Lipinski definition) is 5. The van der Waals surface area contributed by atoms with Crippen LogP contribution in [0, 0.1) is 23.1 Å². The summed E-state index contributed by atoms with van der Waals surface area (Å²) in [4.78, 5) is 66.2. The molecule has 0 heterocycles. The van der Waals surface area contributed by atoms with Crippen LogP contribution in [0.5, 0.6) is 5.75 Å². The zero-order chi connectivity index (χ0) is 30.4. The molecular formula is C28H39FN4O7. The first-order valence-corrected chi connectivity index (χ1v) is 13.2. The summed E-state index contributed by atoms with van der Waals surface area (Å²) in [5.41, 5.74) is 0.917. The summed E-state index contributed by atoms with van der Waals surface area (Å²) >= 11 is 0. The van der Waals surface area contributed by atoms with E-state index in [1.54, 1.807) is 21.0 Å². The van der Waals surface area contributed by atoms with Crippen LogP contribution in [0.25, 0.3) is 0 Å². The molecule has 12 heteroatoms. The molecule has 0 spiro atoms. The number of benzene rings is 1. The van der Waals surface area contributed by atoms with Gasteiger partial charge in [0.1, 0.15) is 23.1 Å². The van der Waals surface area contributed by atoms with Gasteiger partial charge in [0.25, 0.3) is 0 Å². The van der Waals surface area contributed by atoms with Crippen LogP contribution >= 0.6 is 0 Å². The molecule has 2 aliphatic carbocycles. The van der Waals surface area contributed by atoms with Gasteiger partial charge in [-0.1, -0.05) is 6.92 Å². The Morgan fingerprint density at radius 2 is 1.85 bits per heavy atom. The van der Waals surface area contributed by atoms with Crippen molar-refractivity contribution in [2.75, 3.05) is 32.5 Å². The summed E-state index contributed by atoms with van der Waals surface area (Å²) in [7, 11) is 3.23. The van der Waals surface area contributed by atoms with E-state index < -0.39 is 75.6 Å². The van der Waals surface area contributed by atoms with Gasteiger partial charge in [-0.25, -0.2) is 4.39 Å². The molecule has 3 rings (SSSR count). The van der Waals surface area contributed by atoms with E-state index in [0.29, 0.717) is 0 Å². The molecule has 4 unspecified atom stereocenters. The predicted octanol–water partition coefficient (Wildman–Crippen LogP) is 0.936. The van der Waals surface area contributed by atoms with E-state index >= 15 is 4.39 Å². The number of aliphatic hydroxyl groups is 1. The highest BCUT2D eigenvalue weighted by Crippen LogP contribution is 2.53. The Kier molecular flexibility index (Phi) is 8.60. The van der Waals surface area contributed by atoms with E-state index in [0.717, 1.165) is 6.07 Å². The number of halogens is 1. The highest BCUT2D eigenvalue weighted by Gasteiger charge is 2.59. The Balaban J connectivity index is 1.96. The lowest BCUT2D eigenvalue weighted by Crippen LogP contribution is -2.59. The third-order valence-corrected chi connectivity index (χ3v) is 7.77. The molecule has 0 bridgehead atoms. The number of rotatable bonds is 9. The van der Waals surface area contributed by atoms with E-state index in [1.807, 2.05) is 20.8 Å². The molecule has 11 nitrogen and oxygen atoms in total. The van der Waals surface area contributed by atoms with Gasteiger partial charge in [0.15, 0.2) is 17.3 Å². The lowest BCUT2D eigenvalue weighted by atomic mass is 9.54. The number of primary amides is 1. The van der Waals surface area contributed by atoms with Crippen molar-refractivity contribution in [3.63, 3.8) is 0 Å². The summed E-state index contributed by atoms with van der Waals surface area (Å²) in [5, 5.41) is 27.7. The van der Waals surface area contributed by atoms with Crippen molar-refractivity contribution in [2.24, 2.45) is 23.0 Å². The average molecular weight is 563 g/mol. The predicted molar refractivity (Wildman–Crippen MR) is 144 cm³/mol. The molecule has 1 aromatic rings. The number of phenolic OH excluding ortho intramolecular Hbond substituents is 1. The van der Waals surface area contributed by atoms with Crippen LogP contribution in [0.1, 0.15) is 62.9 Å². The number of anilines is 1. The first-order valence-electron chi connectivity index (χ1n) is 13.2. The second-order valence-electron chi connectivity index (χ2n) is 12.6. The monoisotopic (exact) mass is 562 g/mol. The smallest absolute Gasteiger partial charge is 0.238 e. The van der Waals surface area contributed by atoms with Gasteiger partial charge in [-0.3, -0.25) is 24.0 Å². The number of amides is 2. The summed E-state index contributed by atoms with van der Waals surface area (Å²) in [5.74, 6) is -8.40. The molecule has 220 valence electrons. The summed E-state index contributed by atoms with van der Waals surface area (Å²) in [6, 6.07) is 0.939. The largest absolute Gasteiger partial charge is 0.505 e. The number of Topliss-reactive ketones (excluding diaryl/α,β-unsaturated/α-hetero) is 3. The van der Waals surface area contributed by atoms with Crippen molar-refractivity contribution in [3.05, 3.63) is 23.0 Å². The van der Waals surface area contributed by atoms with Crippen molar-refractivity contribution in [3.8, 4) is 5.75 Å². The number of nitrogens with zero attached hydrogens (tertiary/aromatic N) is 1. The van der Waals surface area contributed by atoms with Gasteiger partial charge in [0.05, 0.1) is 30.3 Å². The number of aromatic hydroxyl groups is 1. The van der Waals surface area contributed by atoms with Gasteiger partial charge >= 0.3 is 0 Å². The number of fused-ring (bicyclic) bond motifs is 2. The second kappa shape index (κ2) is 11.0. The zero-order valence-electron chi connectivity index (χ0n) is 23.8. The molecule has 0 radical (unpaired) electrons. The Bertz CT molecular complexity index is 1260. The van der Waals surface area contributed by atoms with Gasteiger partial charge in [-0.05, 0) is 59.5 Å². The van der Waals surface area contributed by atoms with Gasteiger partial charge in [-0.2, -0.15) is 0 Å². The zero-order valence-corrected chi connectivity index (χ0v) is 23.8. The standard InChI is InChI=1S/C28H39FN4O7/c1-26(2,3)31-12-19(35)32-17-9-16(29)14-10-27(4)7-8-28(40,11-15(25(30)39)18(34)13-33(5)6)24(38)21(27)23(37)20(14)22(17)36/h9,15,21,31,36,40H,7-8,10-13H2,1-6H3,(H2,30,39)(H,32,35). The van der Waals surface area contributed by atoms with E-state index in [4.69, 9.17) is 5.73 Å². The first kappa shape index (κ1) is 31.3. The Morgan fingerprint density at radius 1 is 1.23 bits per heavy atom. The van der Waals surface area contributed by atoms with Crippen LogP contribution < -0.4 is 16.4 Å². The van der Waals surface area contributed by atoms with Crippen LogP contribution in [0.15, 0.2) is 6.07 Å². The topological polar surface area (TPSA) is 179 Å². The van der Waals surface area contributed by atoms with Crippen LogP contribution in [-0.2, 0) is 25.6 Å². The molecule has 6 N–H and O–H groups in total. The first-order chi connectivity index (χ1) is 18.3. The van der Waals surface area contributed by atoms with Gasteiger partial charge in [-0.15, -0.1) is 0 Å². The summed E-state index contributed by atoms with van der Waals surface area (Å²) < 4.78 is 15.3. The molecule has 0 saturated heterocycles. The minimum atomic E-state index is -2.21. The molecule has 40 heavy (non-hydrogen) atoms. The molecule has 1 fully saturated rings. The third kappa shape index (κ3) is 6.24. The van der Waals surface area contributed by atoms with E-state index in [9.17, 15) is 34.2 Å². The number of likely N-dealkylation sites (N-methyl/N-ethyl adjacent to an activating group) is 1. The summed E-state index contributed by atoms with van der Waals surface area (Å²) in [6.07, 6.45) is -0.727. The van der Waals surface area contributed by atoms with Crippen molar-refractivity contribution < 1.29 is 38.6 Å². The fourth-order valence-electron chi connectivity index (χ4n) is 5.61. The number of carbonyl (C=O) groups excluding carboxylic acids is 5. The van der Waals surface area contributed by atoms with Crippen LogP contribution in [0.4, 0.5) is 10.1 Å².